The number of aryl methyl sites for hydroxylation is 1. The van der Waals surface area contributed by atoms with E-state index in [9.17, 15) is 19.7 Å². The summed E-state index contributed by atoms with van der Waals surface area (Å²) in [5.41, 5.74) is 1.47. The van der Waals surface area contributed by atoms with Gasteiger partial charge in [-0.1, -0.05) is 0 Å². The number of nitrogens with zero attached hydrogens (tertiary/aromatic N) is 4. The van der Waals surface area contributed by atoms with E-state index in [0.29, 0.717) is 53.0 Å². The minimum Gasteiger partial charge on any atom is -0.497 e. The van der Waals surface area contributed by atoms with Crippen molar-refractivity contribution in [1.29, 1.82) is 0 Å². The molecule has 0 fully saturated rings. The van der Waals surface area contributed by atoms with Crippen LogP contribution in [0.4, 0.5) is 5.69 Å². The van der Waals surface area contributed by atoms with Crippen LogP contribution in [0.5, 0.6) is 5.75 Å². The van der Waals surface area contributed by atoms with Crippen molar-refractivity contribution < 1.29 is 14.5 Å². The Kier molecular flexibility index (Phi) is 4.58. The summed E-state index contributed by atoms with van der Waals surface area (Å²) in [6, 6.07) is 9.21. The molecule has 0 saturated heterocycles. The molecular weight excluding hydrogens is 412 g/mol. The first-order chi connectivity index (χ1) is 15.5. The van der Waals surface area contributed by atoms with Crippen LogP contribution in [-0.4, -0.2) is 31.9 Å². The number of fused-ring (bicyclic) bond motifs is 5. The normalized spacial score (nSPS) is 12.1. The second kappa shape index (κ2) is 7.45. The number of carbonyl (C=O) groups is 1. The molecule has 9 nitrogen and oxygen atoms in total. The van der Waals surface area contributed by atoms with Crippen molar-refractivity contribution in [2.24, 2.45) is 0 Å². The van der Waals surface area contributed by atoms with E-state index in [-0.39, 0.29) is 22.4 Å². The van der Waals surface area contributed by atoms with Crippen LogP contribution in [0.1, 0.15) is 22.3 Å². The molecule has 0 unspecified atom stereocenters. The highest BCUT2D eigenvalue weighted by molar-refractivity contribution is 6.26. The van der Waals surface area contributed by atoms with Crippen LogP contribution in [-0.2, 0) is 13.1 Å². The lowest BCUT2D eigenvalue weighted by molar-refractivity contribution is -0.384. The van der Waals surface area contributed by atoms with E-state index >= 15 is 0 Å². The number of carbonyl (C=O) groups excluding carboxylic acids is 1. The van der Waals surface area contributed by atoms with Crippen LogP contribution >= 0.6 is 0 Å². The van der Waals surface area contributed by atoms with Gasteiger partial charge in [0.15, 0.2) is 5.78 Å². The molecule has 32 heavy (non-hydrogen) atoms. The van der Waals surface area contributed by atoms with Crippen molar-refractivity contribution in [2.75, 3.05) is 7.11 Å². The van der Waals surface area contributed by atoms with Gasteiger partial charge in [-0.05, 0) is 30.7 Å². The molecule has 0 spiro atoms. The first-order valence-electron chi connectivity index (χ1n) is 10.0. The zero-order valence-corrected chi connectivity index (χ0v) is 17.1. The molecule has 0 N–H and O–H groups in total. The smallest absolute Gasteiger partial charge is 0.270 e. The number of hydrogen-bond acceptors (Lipinski definition) is 6. The standard InChI is InChI=1S/C23H18N4O5/c1-32-15-4-6-17-18(12-15)21-20(22(17)28)16-5-3-14(27(30)31)11-19(16)23(29)26(21)9-2-8-25-10-7-24-13-25/h3-7,10-13H,2,8-9H2,1H3. The molecule has 9 heteroatoms. The van der Waals surface area contributed by atoms with Crippen LogP contribution in [0.15, 0.2) is 59.9 Å². The third-order valence-corrected chi connectivity index (χ3v) is 5.78. The third kappa shape index (κ3) is 2.97. The number of non-ortho nitro benzene ring substituents is 1. The van der Waals surface area contributed by atoms with Crippen molar-refractivity contribution in [3.8, 4) is 17.0 Å². The van der Waals surface area contributed by atoms with Crippen LogP contribution in [0, 0.1) is 10.1 Å². The van der Waals surface area contributed by atoms with Crippen molar-refractivity contribution in [1.82, 2.24) is 14.1 Å². The number of ketones is 1. The number of nitro benzene ring substituents is 1. The predicted molar refractivity (Wildman–Crippen MR) is 117 cm³/mol. The van der Waals surface area contributed by atoms with Gasteiger partial charge in [-0.25, -0.2) is 4.98 Å². The number of nitro groups is 1. The lowest BCUT2D eigenvalue weighted by atomic mass is 10.0. The first-order valence-corrected chi connectivity index (χ1v) is 10.0. The van der Waals surface area contributed by atoms with Gasteiger partial charge in [-0.2, -0.15) is 0 Å². The van der Waals surface area contributed by atoms with Crippen molar-refractivity contribution in [3.63, 3.8) is 0 Å². The second-order valence-electron chi connectivity index (χ2n) is 7.56. The number of pyridine rings is 1. The zero-order chi connectivity index (χ0) is 22.4. The average Bonchev–Trinajstić information content (AvgIpc) is 3.42. The van der Waals surface area contributed by atoms with E-state index in [1.807, 2.05) is 10.8 Å². The summed E-state index contributed by atoms with van der Waals surface area (Å²) in [6.45, 7) is 0.967. The zero-order valence-electron chi connectivity index (χ0n) is 17.1. The maximum absolute atomic E-state index is 13.5. The molecule has 0 saturated carbocycles. The molecule has 0 amide bonds. The fourth-order valence-electron chi connectivity index (χ4n) is 4.28. The van der Waals surface area contributed by atoms with E-state index in [1.54, 1.807) is 35.3 Å². The van der Waals surface area contributed by atoms with E-state index in [4.69, 9.17) is 4.74 Å². The summed E-state index contributed by atoms with van der Waals surface area (Å²) in [4.78, 5) is 41.6. The van der Waals surface area contributed by atoms with Gasteiger partial charge < -0.3 is 13.9 Å². The van der Waals surface area contributed by atoms with Crippen LogP contribution in [0.2, 0.25) is 0 Å². The monoisotopic (exact) mass is 430 g/mol. The minimum atomic E-state index is -0.545. The van der Waals surface area contributed by atoms with Gasteiger partial charge >= 0.3 is 0 Å². The van der Waals surface area contributed by atoms with E-state index in [0.717, 1.165) is 0 Å². The summed E-state index contributed by atoms with van der Waals surface area (Å²) < 4.78 is 8.79. The van der Waals surface area contributed by atoms with E-state index < -0.39 is 4.92 Å². The Balaban J connectivity index is 1.74. The van der Waals surface area contributed by atoms with Crippen molar-refractivity contribution in [3.05, 3.63) is 86.7 Å². The number of aromatic nitrogens is 3. The van der Waals surface area contributed by atoms with Gasteiger partial charge in [-0.3, -0.25) is 19.7 Å². The molecule has 2 aromatic heterocycles. The lowest BCUT2D eigenvalue weighted by Crippen LogP contribution is -2.24. The largest absolute Gasteiger partial charge is 0.497 e. The fraction of sp³-hybridized carbons (Fsp3) is 0.174. The Labute approximate surface area is 181 Å². The summed E-state index contributed by atoms with van der Waals surface area (Å²) >= 11 is 0. The first kappa shape index (κ1) is 19.7. The Morgan fingerprint density at radius 3 is 2.62 bits per heavy atom. The molecule has 160 valence electrons. The number of ether oxygens (including phenoxy) is 1. The van der Waals surface area contributed by atoms with Crippen LogP contribution in [0.25, 0.3) is 22.0 Å². The molecule has 2 heterocycles. The van der Waals surface area contributed by atoms with E-state index in [2.05, 4.69) is 4.98 Å². The number of benzene rings is 2. The summed E-state index contributed by atoms with van der Waals surface area (Å²) in [5, 5.41) is 11.9. The van der Waals surface area contributed by atoms with Gasteiger partial charge in [0.25, 0.3) is 11.2 Å². The Morgan fingerprint density at radius 2 is 1.91 bits per heavy atom. The molecule has 0 atom stereocenters. The molecule has 4 aromatic rings. The highest BCUT2D eigenvalue weighted by atomic mass is 16.6. The molecule has 0 aliphatic heterocycles. The van der Waals surface area contributed by atoms with Gasteiger partial charge in [0.2, 0.25) is 0 Å². The highest BCUT2D eigenvalue weighted by Crippen LogP contribution is 2.41. The molecule has 1 aliphatic carbocycles. The molecular formula is C23H18N4O5. The molecule has 0 bridgehead atoms. The Morgan fingerprint density at radius 1 is 1.06 bits per heavy atom. The van der Waals surface area contributed by atoms with Gasteiger partial charge in [0.1, 0.15) is 5.75 Å². The number of methoxy groups -OCH3 is 1. The summed E-state index contributed by atoms with van der Waals surface area (Å²) in [6.07, 6.45) is 5.82. The Hall–Kier alpha value is -4.27. The highest BCUT2D eigenvalue weighted by Gasteiger charge is 2.33. The topological polar surface area (TPSA) is 109 Å². The van der Waals surface area contributed by atoms with E-state index in [1.165, 1.54) is 25.3 Å². The average molecular weight is 430 g/mol. The molecule has 0 radical (unpaired) electrons. The van der Waals surface area contributed by atoms with Gasteiger partial charge in [0.05, 0.1) is 35.0 Å². The predicted octanol–water partition coefficient (Wildman–Crippen LogP) is 3.42. The molecule has 2 aromatic carbocycles. The minimum absolute atomic E-state index is 0.161. The molecule has 1 aliphatic rings. The SMILES string of the molecule is COc1ccc2c(c1)-c1c(c3ccc([N+](=O)[O-])cc3c(=O)n1CCCn1ccnc1)C2=O. The fourth-order valence-corrected chi connectivity index (χ4v) is 4.28. The maximum atomic E-state index is 13.5. The number of hydrogen-bond donors (Lipinski definition) is 0. The van der Waals surface area contributed by atoms with Crippen molar-refractivity contribution >= 4 is 22.2 Å². The Bertz CT molecular complexity index is 1450. The quantitative estimate of drug-likeness (QED) is 0.302. The lowest BCUT2D eigenvalue weighted by Gasteiger charge is -2.15. The number of imidazole rings is 1. The van der Waals surface area contributed by atoms with Crippen molar-refractivity contribution in [2.45, 2.75) is 19.5 Å². The number of rotatable bonds is 6. The van der Waals surface area contributed by atoms with Crippen LogP contribution < -0.4 is 10.3 Å². The van der Waals surface area contributed by atoms with Gasteiger partial charge in [-0.15, -0.1) is 0 Å². The van der Waals surface area contributed by atoms with Gasteiger partial charge in [0, 0.05) is 54.1 Å². The molecule has 5 rings (SSSR count). The summed E-state index contributed by atoms with van der Waals surface area (Å²) in [7, 11) is 1.54. The maximum Gasteiger partial charge on any atom is 0.270 e. The second-order valence-corrected chi connectivity index (χ2v) is 7.56. The van der Waals surface area contributed by atoms with Crippen LogP contribution in [0.3, 0.4) is 0 Å². The third-order valence-electron chi connectivity index (χ3n) is 5.78. The summed E-state index contributed by atoms with van der Waals surface area (Å²) in [5.74, 6) is 0.366.